The first kappa shape index (κ1) is 27.8. The van der Waals surface area contributed by atoms with Crippen LogP contribution < -0.4 is 16.2 Å². The molecular formula is C25H31F3N8O. The molecule has 1 aromatic carbocycles. The second-order valence-corrected chi connectivity index (χ2v) is 9.20. The minimum Gasteiger partial charge on any atom is -0.322 e. The van der Waals surface area contributed by atoms with E-state index < -0.39 is 17.6 Å². The van der Waals surface area contributed by atoms with Gasteiger partial charge in [0, 0.05) is 36.7 Å². The molecular weight excluding hydrogens is 485 g/mol. The SMILES string of the molecule is Cc1ncc(C(=O)Nc2cc(CN(C)C)c(C)c(C(F)(F)F)c2)cc1N(N)CC(=N)c1cnn(C)c1C. The van der Waals surface area contributed by atoms with Crippen molar-refractivity contribution in [3.63, 3.8) is 0 Å². The van der Waals surface area contributed by atoms with E-state index in [-0.39, 0.29) is 35.6 Å². The quantitative estimate of drug-likeness (QED) is 0.238. The van der Waals surface area contributed by atoms with Gasteiger partial charge in [0.05, 0.1) is 41.0 Å². The highest BCUT2D eigenvalue weighted by atomic mass is 19.4. The van der Waals surface area contributed by atoms with Crippen LogP contribution in [0.15, 0.2) is 30.6 Å². The molecule has 9 nitrogen and oxygen atoms in total. The Morgan fingerprint density at radius 3 is 2.41 bits per heavy atom. The highest BCUT2D eigenvalue weighted by molar-refractivity contribution is 6.05. The number of nitrogens with two attached hydrogens (primary N) is 1. The zero-order valence-corrected chi connectivity index (χ0v) is 21.7. The summed E-state index contributed by atoms with van der Waals surface area (Å²) in [5.41, 5.74) is 2.53. The first-order chi connectivity index (χ1) is 17.2. The fourth-order valence-electron chi connectivity index (χ4n) is 3.92. The van der Waals surface area contributed by atoms with Crippen molar-refractivity contribution < 1.29 is 18.0 Å². The van der Waals surface area contributed by atoms with Crippen LogP contribution >= 0.6 is 0 Å². The van der Waals surface area contributed by atoms with E-state index in [0.29, 0.717) is 22.5 Å². The van der Waals surface area contributed by atoms with E-state index in [1.165, 1.54) is 30.3 Å². The van der Waals surface area contributed by atoms with Gasteiger partial charge in [0.15, 0.2) is 0 Å². The summed E-state index contributed by atoms with van der Waals surface area (Å²) in [7, 11) is 5.29. The molecule has 0 aliphatic rings. The van der Waals surface area contributed by atoms with Crippen molar-refractivity contribution in [3.05, 3.63) is 69.8 Å². The lowest BCUT2D eigenvalue weighted by Crippen LogP contribution is -2.37. The number of pyridine rings is 1. The van der Waals surface area contributed by atoms with Crippen molar-refractivity contribution in [1.29, 1.82) is 5.41 Å². The summed E-state index contributed by atoms with van der Waals surface area (Å²) in [4.78, 5) is 19.0. The van der Waals surface area contributed by atoms with E-state index in [2.05, 4.69) is 15.4 Å². The number of hydrogen-bond acceptors (Lipinski definition) is 7. The lowest BCUT2D eigenvalue weighted by molar-refractivity contribution is -0.138. The third kappa shape index (κ3) is 6.33. The van der Waals surface area contributed by atoms with Crippen LogP contribution in [-0.2, 0) is 19.8 Å². The second kappa shape index (κ2) is 10.7. The number of carbonyl (C=O) groups is 1. The molecule has 0 fully saturated rings. The number of halogens is 3. The van der Waals surface area contributed by atoms with Crippen molar-refractivity contribution in [1.82, 2.24) is 19.7 Å². The normalized spacial score (nSPS) is 11.6. The maximum Gasteiger partial charge on any atom is 0.416 e. The zero-order chi connectivity index (χ0) is 27.7. The van der Waals surface area contributed by atoms with E-state index in [4.69, 9.17) is 11.3 Å². The van der Waals surface area contributed by atoms with Gasteiger partial charge < -0.3 is 20.6 Å². The van der Waals surface area contributed by atoms with Crippen LogP contribution in [0.5, 0.6) is 0 Å². The molecule has 0 aliphatic carbocycles. The molecule has 12 heteroatoms. The smallest absolute Gasteiger partial charge is 0.322 e. The average Bonchev–Trinajstić information content (AvgIpc) is 3.13. The highest BCUT2D eigenvalue weighted by Gasteiger charge is 2.34. The number of rotatable bonds is 8. The van der Waals surface area contributed by atoms with Crippen LogP contribution in [0.3, 0.4) is 0 Å². The fourth-order valence-corrected chi connectivity index (χ4v) is 3.92. The summed E-state index contributed by atoms with van der Waals surface area (Å²) in [6, 6.07) is 3.97. The molecule has 0 unspecified atom stereocenters. The van der Waals surface area contributed by atoms with Gasteiger partial charge in [-0.05, 0) is 64.2 Å². The number of alkyl halides is 3. The molecule has 0 atom stereocenters. The van der Waals surface area contributed by atoms with Crippen molar-refractivity contribution in [2.24, 2.45) is 12.9 Å². The van der Waals surface area contributed by atoms with Crippen LogP contribution in [-0.4, -0.2) is 51.9 Å². The summed E-state index contributed by atoms with van der Waals surface area (Å²) in [6.45, 7) is 5.28. The molecule has 0 saturated carbocycles. The Balaban J connectivity index is 1.87. The molecule has 0 bridgehead atoms. The predicted molar refractivity (Wildman–Crippen MR) is 137 cm³/mol. The molecule has 0 spiro atoms. The molecule has 37 heavy (non-hydrogen) atoms. The van der Waals surface area contributed by atoms with Gasteiger partial charge in [0.2, 0.25) is 0 Å². The zero-order valence-electron chi connectivity index (χ0n) is 21.7. The number of hydrogen-bond donors (Lipinski definition) is 3. The first-order valence-electron chi connectivity index (χ1n) is 11.4. The van der Waals surface area contributed by atoms with E-state index in [1.54, 1.807) is 43.8 Å². The fraction of sp³-hybridized carbons (Fsp3) is 0.360. The summed E-state index contributed by atoms with van der Waals surface area (Å²) < 4.78 is 42.7. The number of anilines is 2. The van der Waals surface area contributed by atoms with Crippen LogP contribution in [0.1, 0.15) is 44.0 Å². The Labute approximate surface area is 213 Å². The third-order valence-electron chi connectivity index (χ3n) is 6.09. The lowest BCUT2D eigenvalue weighted by Gasteiger charge is -2.21. The third-order valence-corrected chi connectivity index (χ3v) is 6.09. The van der Waals surface area contributed by atoms with Crippen molar-refractivity contribution in [3.8, 4) is 0 Å². The van der Waals surface area contributed by atoms with Crippen molar-refractivity contribution in [2.45, 2.75) is 33.5 Å². The van der Waals surface area contributed by atoms with Gasteiger partial charge in [-0.1, -0.05) is 0 Å². The van der Waals surface area contributed by atoms with Crippen LogP contribution in [0.4, 0.5) is 24.5 Å². The first-order valence-corrected chi connectivity index (χ1v) is 11.4. The molecule has 2 heterocycles. The topological polar surface area (TPSA) is 116 Å². The Kier molecular flexibility index (Phi) is 8.03. The van der Waals surface area contributed by atoms with E-state index in [9.17, 15) is 18.0 Å². The lowest BCUT2D eigenvalue weighted by atomic mass is 10.00. The van der Waals surface area contributed by atoms with Gasteiger partial charge in [-0.2, -0.15) is 18.3 Å². The van der Waals surface area contributed by atoms with Gasteiger partial charge in [-0.3, -0.25) is 14.5 Å². The second-order valence-electron chi connectivity index (χ2n) is 9.20. The molecule has 0 saturated heterocycles. The van der Waals surface area contributed by atoms with Crippen molar-refractivity contribution in [2.75, 3.05) is 31.0 Å². The monoisotopic (exact) mass is 516 g/mol. The number of nitrogens with one attached hydrogen (secondary N) is 2. The Bertz CT molecular complexity index is 1330. The molecule has 198 valence electrons. The van der Waals surface area contributed by atoms with Gasteiger partial charge in [0.1, 0.15) is 0 Å². The number of hydrazine groups is 1. The predicted octanol–water partition coefficient (Wildman–Crippen LogP) is 3.82. The van der Waals surface area contributed by atoms with E-state index in [0.717, 1.165) is 11.8 Å². The van der Waals surface area contributed by atoms with Crippen LogP contribution in [0.25, 0.3) is 0 Å². The number of amides is 1. The molecule has 0 aliphatic heterocycles. The Hall–Kier alpha value is -3.77. The molecule has 3 aromatic rings. The molecule has 0 radical (unpaired) electrons. The molecule has 4 N–H and O–H groups in total. The number of benzene rings is 1. The molecule has 3 rings (SSSR count). The van der Waals surface area contributed by atoms with E-state index >= 15 is 0 Å². The summed E-state index contributed by atoms with van der Waals surface area (Å²) in [5, 5.41) is 16.4. The summed E-state index contributed by atoms with van der Waals surface area (Å²) in [5.74, 6) is 5.60. The summed E-state index contributed by atoms with van der Waals surface area (Å²) in [6.07, 6.45) is -1.65. The van der Waals surface area contributed by atoms with Crippen LogP contribution in [0.2, 0.25) is 0 Å². The number of aromatic nitrogens is 3. The van der Waals surface area contributed by atoms with Gasteiger partial charge in [-0.25, -0.2) is 5.84 Å². The minimum absolute atomic E-state index is 0.0281. The highest BCUT2D eigenvalue weighted by Crippen LogP contribution is 2.35. The number of aryl methyl sites for hydroxylation is 2. The maximum atomic E-state index is 13.7. The van der Waals surface area contributed by atoms with Crippen LogP contribution in [0, 0.1) is 26.2 Å². The average molecular weight is 517 g/mol. The summed E-state index contributed by atoms with van der Waals surface area (Å²) >= 11 is 0. The standard InChI is InChI=1S/C25H31F3N8O/c1-14-18(12-34(4)5)7-19(9-21(14)25(26,27)28)33-24(37)17-8-23(15(2)31-10-17)36(30)13-22(29)20-11-32-35(6)16(20)3/h7-11,29H,12-13,30H2,1-6H3,(H,33,37). The molecule has 1 amide bonds. The minimum atomic E-state index is -4.57. The Morgan fingerprint density at radius 1 is 1.16 bits per heavy atom. The molecule has 2 aromatic heterocycles. The maximum absolute atomic E-state index is 13.7. The Morgan fingerprint density at radius 2 is 1.84 bits per heavy atom. The number of nitrogens with zero attached hydrogens (tertiary/aromatic N) is 5. The van der Waals surface area contributed by atoms with E-state index in [1.807, 2.05) is 6.92 Å². The van der Waals surface area contributed by atoms with Crippen molar-refractivity contribution >= 4 is 23.0 Å². The number of carbonyl (C=O) groups excluding carboxylic acids is 1. The van der Waals surface area contributed by atoms with Gasteiger partial charge in [-0.15, -0.1) is 0 Å². The van der Waals surface area contributed by atoms with Gasteiger partial charge in [0.25, 0.3) is 5.91 Å². The largest absolute Gasteiger partial charge is 0.416 e. The van der Waals surface area contributed by atoms with Gasteiger partial charge >= 0.3 is 6.18 Å².